The molecule has 0 saturated heterocycles. The van der Waals surface area contributed by atoms with Crippen LogP contribution < -0.4 is 0 Å². The van der Waals surface area contributed by atoms with E-state index >= 15 is 0 Å². The molecule has 8 heteroatoms. The van der Waals surface area contributed by atoms with Crippen molar-refractivity contribution in [1.82, 2.24) is 0 Å². The fourth-order valence-corrected chi connectivity index (χ4v) is 1.84. The molecule has 0 bridgehead atoms. The van der Waals surface area contributed by atoms with E-state index in [4.69, 9.17) is 18.9 Å². The summed E-state index contributed by atoms with van der Waals surface area (Å²) in [7, 11) is 0. The first-order valence-corrected chi connectivity index (χ1v) is 6.76. The fourth-order valence-electron chi connectivity index (χ4n) is 0.611. The number of rotatable bonds is 7. The van der Waals surface area contributed by atoms with Crippen molar-refractivity contribution in [3.05, 3.63) is 0 Å². The van der Waals surface area contributed by atoms with E-state index in [2.05, 4.69) is 0 Å². The molecule has 0 saturated carbocycles. The first-order chi connectivity index (χ1) is 7.41. The zero-order valence-electron chi connectivity index (χ0n) is 8.77. The molecule has 0 amide bonds. The van der Waals surface area contributed by atoms with Gasteiger partial charge in [0.25, 0.3) is 8.59 Å². The van der Waals surface area contributed by atoms with Gasteiger partial charge < -0.3 is 18.9 Å². The molecule has 0 aliphatic rings. The van der Waals surface area contributed by atoms with E-state index in [-0.39, 0.29) is 13.2 Å². The van der Waals surface area contributed by atoms with Gasteiger partial charge in [-0.15, -0.1) is 0 Å². The van der Waals surface area contributed by atoms with Gasteiger partial charge in [-0.05, 0) is 45.2 Å². The van der Waals surface area contributed by atoms with Gasteiger partial charge in [0.1, 0.15) is 0 Å². The Bertz CT molecular complexity index is 211. The minimum atomic E-state index is -0.639. The largest absolute Gasteiger partial charge is 0.426 e. The van der Waals surface area contributed by atoms with Crippen LogP contribution in [0.4, 0.5) is 0 Å². The Morgan fingerprint density at radius 1 is 0.938 bits per heavy atom. The number of esters is 2. The summed E-state index contributed by atoms with van der Waals surface area (Å²) in [5.74, 6) is -0.820. The molecule has 0 aliphatic heterocycles. The molecule has 0 aromatic carbocycles. The Hall–Kier alpha value is 0.320. The first kappa shape index (κ1) is 16.3. The number of carbonyl (C=O) groups excluding carboxylic acids is 2. The molecule has 0 fully saturated rings. The predicted molar refractivity (Wildman–Crippen MR) is 71.1 cm³/mol. The molecule has 94 valence electrons. The average molecular weight is 458 g/mol. The van der Waals surface area contributed by atoms with Crippen LogP contribution in [0.1, 0.15) is 13.8 Å². The smallest absolute Gasteiger partial charge is 0.305 e. The van der Waals surface area contributed by atoms with E-state index in [1.54, 1.807) is 0 Å². The lowest BCUT2D eigenvalue weighted by atomic mass is 10.8. The molecular formula is C8H12I2O6. The Kier molecular flexibility index (Phi) is 9.55. The molecule has 0 rings (SSSR count). The van der Waals surface area contributed by atoms with Gasteiger partial charge in [0.2, 0.25) is 0 Å². The van der Waals surface area contributed by atoms with Gasteiger partial charge in [0.15, 0.2) is 0 Å². The highest BCUT2D eigenvalue weighted by Crippen LogP contribution is 2.07. The maximum absolute atomic E-state index is 10.5. The van der Waals surface area contributed by atoms with E-state index in [0.29, 0.717) is 0 Å². The average Bonchev–Trinajstić information content (AvgIpc) is 2.10. The summed E-state index contributed by atoms with van der Waals surface area (Å²) in [5.41, 5.74) is 0. The number of ether oxygens (including phenoxy) is 4. The standard InChI is InChI=1S/C8H12I2O6/c1-5(11)15-7(9)13-3-4-14-8(10)16-6(2)12/h7-8H,3-4H2,1-2H3. The molecule has 0 aliphatic carbocycles. The second kappa shape index (κ2) is 9.36. The van der Waals surface area contributed by atoms with Crippen LogP contribution in [0.2, 0.25) is 0 Å². The van der Waals surface area contributed by atoms with Crippen molar-refractivity contribution < 1.29 is 28.5 Å². The molecule has 2 atom stereocenters. The highest BCUT2D eigenvalue weighted by molar-refractivity contribution is 14.1. The Morgan fingerprint density at radius 2 is 1.25 bits per heavy atom. The normalized spacial score (nSPS) is 14.0. The highest BCUT2D eigenvalue weighted by atomic mass is 127. The zero-order chi connectivity index (χ0) is 12.6. The Balaban J connectivity index is 3.45. The zero-order valence-corrected chi connectivity index (χ0v) is 13.1. The predicted octanol–water partition coefficient (Wildman–Crippen LogP) is 1.58. The van der Waals surface area contributed by atoms with Crippen molar-refractivity contribution in [3.8, 4) is 0 Å². The highest BCUT2D eigenvalue weighted by Gasteiger charge is 2.09. The van der Waals surface area contributed by atoms with Crippen LogP contribution in [0.15, 0.2) is 0 Å². The number of halogens is 2. The van der Waals surface area contributed by atoms with E-state index in [0.717, 1.165) is 0 Å². The van der Waals surface area contributed by atoms with E-state index in [1.165, 1.54) is 13.8 Å². The van der Waals surface area contributed by atoms with Crippen LogP contribution in [0.25, 0.3) is 0 Å². The van der Waals surface area contributed by atoms with Gasteiger partial charge in [-0.1, -0.05) is 0 Å². The van der Waals surface area contributed by atoms with E-state index < -0.39 is 20.5 Å². The van der Waals surface area contributed by atoms with Crippen LogP contribution in [-0.2, 0) is 28.5 Å². The van der Waals surface area contributed by atoms with Crippen LogP contribution in [0.5, 0.6) is 0 Å². The summed E-state index contributed by atoms with van der Waals surface area (Å²) in [4.78, 5) is 21.0. The third kappa shape index (κ3) is 10.8. The first-order valence-electron chi connectivity index (χ1n) is 4.27. The summed E-state index contributed by atoms with van der Waals surface area (Å²) < 4.78 is 18.3. The topological polar surface area (TPSA) is 71.1 Å². The van der Waals surface area contributed by atoms with Crippen LogP contribution in [0, 0.1) is 0 Å². The molecular weight excluding hydrogens is 446 g/mol. The number of carbonyl (C=O) groups is 2. The van der Waals surface area contributed by atoms with Crippen LogP contribution in [-0.4, -0.2) is 33.7 Å². The third-order valence-corrected chi connectivity index (χ3v) is 2.33. The minimum Gasteiger partial charge on any atom is -0.426 e. The van der Waals surface area contributed by atoms with Crippen molar-refractivity contribution in [2.45, 2.75) is 22.4 Å². The fraction of sp³-hybridized carbons (Fsp3) is 0.750. The van der Waals surface area contributed by atoms with Crippen molar-refractivity contribution in [2.24, 2.45) is 0 Å². The lowest BCUT2D eigenvalue weighted by Crippen LogP contribution is -2.19. The molecule has 6 nitrogen and oxygen atoms in total. The van der Waals surface area contributed by atoms with Crippen LogP contribution >= 0.6 is 45.2 Å². The minimum absolute atomic E-state index is 0.238. The van der Waals surface area contributed by atoms with Gasteiger partial charge in [0, 0.05) is 13.8 Å². The monoisotopic (exact) mass is 458 g/mol. The quantitative estimate of drug-likeness (QED) is 0.190. The number of alkyl halides is 2. The van der Waals surface area contributed by atoms with Crippen molar-refractivity contribution in [3.63, 3.8) is 0 Å². The lowest BCUT2D eigenvalue weighted by Gasteiger charge is -2.13. The van der Waals surface area contributed by atoms with Gasteiger partial charge in [-0.25, -0.2) is 0 Å². The number of hydrogen-bond donors (Lipinski definition) is 0. The molecule has 2 unspecified atom stereocenters. The molecule has 16 heavy (non-hydrogen) atoms. The second-order valence-corrected chi connectivity index (χ2v) is 4.54. The molecule has 0 radical (unpaired) electrons. The SMILES string of the molecule is CC(=O)OC(I)OCCOC(I)OC(C)=O. The second-order valence-electron chi connectivity index (χ2n) is 2.51. The van der Waals surface area contributed by atoms with Crippen molar-refractivity contribution in [1.29, 1.82) is 0 Å². The van der Waals surface area contributed by atoms with E-state index in [1.807, 2.05) is 45.2 Å². The van der Waals surface area contributed by atoms with E-state index in [9.17, 15) is 9.59 Å². The summed E-state index contributed by atoms with van der Waals surface area (Å²) >= 11 is 3.65. The molecule has 0 spiro atoms. The van der Waals surface area contributed by atoms with Gasteiger partial charge >= 0.3 is 11.9 Å². The summed E-state index contributed by atoms with van der Waals surface area (Å²) in [6.07, 6.45) is 0. The lowest BCUT2D eigenvalue weighted by molar-refractivity contribution is -0.166. The summed E-state index contributed by atoms with van der Waals surface area (Å²) in [6, 6.07) is 0. The molecule has 0 aromatic heterocycles. The Morgan fingerprint density at radius 3 is 1.50 bits per heavy atom. The Labute approximate surface area is 121 Å². The van der Waals surface area contributed by atoms with Crippen molar-refractivity contribution in [2.75, 3.05) is 13.2 Å². The maximum Gasteiger partial charge on any atom is 0.305 e. The van der Waals surface area contributed by atoms with Crippen molar-refractivity contribution >= 4 is 57.1 Å². The summed E-state index contributed by atoms with van der Waals surface area (Å²) in [6.45, 7) is 3.07. The molecule has 0 heterocycles. The maximum atomic E-state index is 10.5. The number of hydrogen-bond acceptors (Lipinski definition) is 6. The van der Waals surface area contributed by atoms with Crippen LogP contribution in [0.3, 0.4) is 0 Å². The van der Waals surface area contributed by atoms with Gasteiger partial charge in [-0.2, -0.15) is 0 Å². The summed E-state index contributed by atoms with van der Waals surface area (Å²) in [5, 5.41) is 0. The van der Waals surface area contributed by atoms with Gasteiger partial charge in [0.05, 0.1) is 13.2 Å². The molecule has 0 N–H and O–H groups in total. The van der Waals surface area contributed by atoms with Gasteiger partial charge in [-0.3, -0.25) is 9.59 Å². The molecule has 0 aromatic rings. The third-order valence-electron chi connectivity index (χ3n) is 1.10.